The van der Waals surface area contributed by atoms with E-state index in [9.17, 15) is 9.50 Å². The van der Waals surface area contributed by atoms with E-state index in [1.807, 2.05) is 27.7 Å². The molecule has 0 saturated heterocycles. The second kappa shape index (κ2) is 7.76. The molecule has 0 unspecified atom stereocenters. The molecule has 2 aliphatic rings. The molecule has 1 N–H and O–H groups in total. The van der Waals surface area contributed by atoms with Crippen molar-refractivity contribution in [1.82, 2.24) is 0 Å². The summed E-state index contributed by atoms with van der Waals surface area (Å²) in [5.74, 6) is 2.18. The first kappa shape index (κ1) is 19.8. The van der Waals surface area contributed by atoms with Crippen LogP contribution < -0.4 is 19.1 Å². The molecule has 2 heterocycles. The van der Waals surface area contributed by atoms with Crippen LogP contribution in [0.15, 0.2) is 36.4 Å². The Kier molecular flexibility index (Phi) is 5.31. The normalized spacial score (nSPS) is 21.2. The largest absolute Gasteiger partial charge is 0.497 e. The average molecular weight is 419 g/mol. The minimum Gasteiger partial charge on any atom is -0.497 e. The van der Waals surface area contributed by atoms with E-state index in [1.54, 1.807) is 38.1 Å². The standard InChI is InChI=1S/C21H24FN2O4S/c1-26-14-5-7-16(17(22)11-14)21(25)13-23(20-24(21)9-4-10-29-20)18-12-15(27-2)6-8-19(18)28-3/h5-8,11-12,25H,4,9-10,13H2,1-3H3/q+1/t21-/m0/s1. The monoisotopic (exact) mass is 419 g/mol. The SMILES string of the molecule is COc1ccc([C@@]2(O)CN(c3cc(OC)ccc3OC)C3=[N+]2CCCS3)c(F)c1. The summed E-state index contributed by atoms with van der Waals surface area (Å²) in [6.07, 6.45) is 0.900. The quantitative estimate of drug-likeness (QED) is 0.752. The minimum absolute atomic E-state index is 0.169. The maximum absolute atomic E-state index is 14.9. The van der Waals surface area contributed by atoms with Gasteiger partial charge in [-0.3, -0.25) is 0 Å². The molecule has 154 valence electrons. The van der Waals surface area contributed by atoms with Gasteiger partial charge < -0.3 is 19.3 Å². The van der Waals surface area contributed by atoms with Crippen molar-refractivity contribution in [2.75, 3.05) is 45.1 Å². The van der Waals surface area contributed by atoms with Gasteiger partial charge in [0.2, 0.25) is 0 Å². The fourth-order valence-corrected chi connectivity index (χ4v) is 5.05. The predicted molar refractivity (Wildman–Crippen MR) is 111 cm³/mol. The fraction of sp³-hybridized carbons (Fsp3) is 0.381. The van der Waals surface area contributed by atoms with E-state index in [0.717, 1.165) is 23.0 Å². The first-order valence-corrected chi connectivity index (χ1v) is 10.3. The van der Waals surface area contributed by atoms with Crippen molar-refractivity contribution in [3.63, 3.8) is 0 Å². The van der Waals surface area contributed by atoms with Crippen LogP contribution in [0, 0.1) is 5.82 Å². The number of ether oxygens (including phenoxy) is 3. The van der Waals surface area contributed by atoms with Gasteiger partial charge in [-0.05, 0) is 42.4 Å². The van der Waals surface area contributed by atoms with Gasteiger partial charge in [-0.25, -0.2) is 13.9 Å². The number of nitrogens with zero attached hydrogens (tertiary/aromatic N) is 2. The van der Waals surface area contributed by atoms with E-state index in [1.165, 1.54) is 13.2 Å². The van der Waals surface area contributed by atoms with Crippen LogP contribution in [0.4, 0.5) is 10.1 Å². The molecule has 0 saturated carbocycles. The van der Waals surface area contributed by atoms with Gasteiger partial charge in [0, 0.05) is 17.9 Å². The highest BCUT2D eigenvalue weighted by molar-refractivity contribution is 8.13. The van der Waals surface area contributed by atoms with Crippen molar-refractivity contribution in [3.8, 4) is 17.2 Å². The van der Waals surface area contributed by atoms with E-state index < -0.39 is 11.5 Å². The van der Waals surface area contributed by atoms with Crippen LogP contribution in [0.1, 0.15) is 12.0 Å². The number of amidine groups is 1. The smallest absolute Gasteiger partial charge is 0.316 e. The Balaban J connectivity index is 1.84. The van der Waals surface area contributed by atoms with Gasteiger partial charge in [-0.2, -0.15) is 0 Å². The van der Waals surface area contributed by atoms with Gasteiger partial charge in [0.15, 0.2) is 18.0 Å². The molecule has 29 heavy (non-hydrogen) atoms. The lowest BCUT2D eigenvalue weighted by molar-refractivity contribution is -0.657. The number of aliphatic hydroxyl groups is 1. The lowest BCUT2D eigenvalue weighted by atomic mass is 10.0. The highest BCUT2D eigenvalue weighted by Gasteiger charge is 2.55. The van der Waals surface area contributed by atoms with Gasteiger partial charge in [0.25, 0.3) is 5.72 Å². The predicted octanol–water partition coefficient (Wildman–Crippen LogP) is 3.02. The summed E-state index contributed by atoms with van der Waals surface area (Å²) in [6.45, 7) is 0.801. The lowest BCUT2D eigenvalue weighted by Gasteiger charge is -2.24. The van der Waals surface area contributed by atoms with E-state index in [4.69, 9.17) is 14.2 Å². The zero-order valence-corrected chi connectivity index (χ0v) is 17.5. The Morgan fingerprint density at radius 1 is 1.07 bits per heavy atom. The van der Waals surface area contributed by atoms with Gasteiger partial charge >= 0.3 is 5.17 Å². The van der Waals surface area contributed by atoms with Gasteiger partial charge in [-0.15, -0.1) is 0 Å². The summed E-state index contributed by atoms with van der Waals surface area (Å²) < 4.78 is 32.9. The summed E-state index contributed by atoms with van der Waals surface area (Å²) in [6, 6.07) is 10.1. The number of anilines is 1. The van der Waals surface area contributed by atoms with Crippen molar-refractivity contribution in [2.24, 2.45) is 0 Å². The first-order valence-electron chi connectivity index (χ1n) is 9.35. The first-order chi connectivity index (χ1) is 14.0. The fourth-order valence-electron chi connectivity index (χ4n) is 3.87. The molecule has 2 aromatic rings. The average Bonchev–Trinajstić information content (AvgIpc) is 3.06. The number of β-amino-alcohol motifs (C(OH)–C–C–N with tert-alkyl or cyclic N) is 1. The molecular weight excluding hydrogens is 395 g/mol. The molecule has 1 atom stereocenters. The molecule has 8 heteroatoms. The number of methoxy groups -OCH3 is 3. The zero-order valence-electron chi connectivity index (χ0n) is 16.6. The zero-order chi connectivity index (χ0) is 20.6. The Morgan fingerprint density at radius 3 is 2.48 bits per heavy atom. The topological polar surface area (TPSA) is 54.2 Å². The van der Waals surface area contributed by atoms with Gasteiger partial charge in [-0.1, -0.05) is 0 Å². The van der Waals surface area contributed by atoms with Crippen LogP contribution in [0.25, 0.3) is 0 Å². The van der Waals surface area contributed by atoms with E-state index >= 15 is 0 Å². The Hall–Kier alpha value is -2.45. The summed E-state index contributed by atoms with van der Waals surface area (Å²) in [4.78, 5) is 1.98. The molecule has 2 aliphatic heterocycles. The van der Waals surface area contributed by atoms with Crippen molar-refractivity contribution >= 4 is 22.6 Å². The number of rotatable bonds is 5. The van der Waals surface area contributed by atoms with Crippen LogP contribution in [-0.2, 0) is 5.72 Å². The molecule has 0 bridgehead atoms. The second-order valence-electron chi connectivity index (χ2n) is 6.92. The third-order valence-electron chi connectivity index (χ3n) is 5.33. The Morgan fingerprint density at radius 2 is 1.79 bits per heavy atom. The second-order valence-corrected chi connectivity index (χ2v) is 7.98. The van der Waals surface area contributed by atoms with Gasteiger partial charge in [0.05, 0.1) is 33.4 Å². The highest BCUT2D eigenvalue weighted by atomic mass is 32.2. The Bertz CT molecular complexity index is 968. The van der Waals surface area contributed by atoms with Crippen LogP contribution in [0.2, 0.25) is 0 Å². The molecular formula is C21H24FN2O4S+. The Labute approximate surface area is 173 Å². The van der Waals surface area contributed by atoms with E-state index in [0.29, 0.717) is 23.8 Å². The summed E-state index contributed by atoms with van der Waals surface area (Å²) >= 11 is 1.64. The van der Waals surface area contributed by atoms with Gasteiger partial charge in [0.1, 0.15) is 17.3 Å². The van der Waals surface area contributed by atoms with E-state index in [2.05, 4.69) is 0 Å². The van der Waals surface area contributed by atoms with Crippen LogP contribution in [0.3, 0.4) is 0 Å². The van der Waals surface area contributed by atoms with Crippen molar-refractivity contribution in [2.45, 2.75) is 12.1 Å². The third kappa shape index (κ3) is 3.30. The molecule has 2 aromatic carbocycles. The number of halogens is 1. The third-order valence-corrected chi connectivity index (χ3v) is 6.52. The minimum atomic E-state index is -1.51. The number of hydrogen-bond acceptors (Lipinski definition) is 6. The highest BCUT2D eigenvalue weighted by Crippen LogP contribution is 2.42. The van der Waals surface area contributed by atoms with E-state index in [-0.39, 0.29) is 12.1 Å². The molecule has 0 spiro atoms. The van der Waals surface area contributed by atoms with Crippen molar-refractivity contribution < 1.29 is 28.3 Å². The maximum atomic E-state index is 14.9. The van der Waals surface area contributed by atoms with Crippen LogP contribution >= 0.6 is 11.8 Å². The van der Waals surface area contributed by atoms with Crippen molar-refractivity contribution in [1.29, 1.82) is 0 Å². The molecule has 6 nitrogen and oxygen atoms in total. The van der Waals surface area contributed by atoms with Crippen LogP contribution in [0.5, 0.6) is 17.2 Å². The molecule has 4 rings (SSSR count). The molecule has 0 aromatic heterocycles. The lowest BCUT2D eigenvalue weighted by Crippen LogP contribution is -2.42. The van der Waals surface area contributed by atoms with Crippen molar-refractivity contribution in [3.05, 3.63) is 47.8 Å². The number of thioether (sulfide) groups is 1. The number of hydrogen-bond donors (Lipinski definition) is 1. The summed E-state index contributed by atoms with van der Waals surface area (Å²) in [5.41, 5.74) is -0.513. The molecule has 0 radical (unpaired) electrons. The van der Waals surface area contributed by atoms with Crippen LogP contribution in [-0.4, -0.2) is 55.0 Å². The number of benzene rings is 2. The summed E-state index contributed by atoms with van der Waals surface area (Å²) in [7, 11) is 4.70. The maximum Gasteiger partial charge on any atom is 0.316 e. The molecule has 0 amide bonds. The molecule has 0 aliphatic carbocycles. The molecule has 0 fully saturated rings. The summed E-state index contributed by atoms with van der Waals surface area (Å²) in [5, 5.41) is 12.6.